The number of carbonyl (C=O) groups is 6. The maximum atomic E-state index is 12.1. The fourth-order valence-corrected chi connectivity index (χ4v) is 3.47. The summed E-state index contributed by atoms with van der Waals surface area (Å²) in [5.41, 5.74) is 0. The number of ether oxygens (including phenoxy) is 6. The van der Waals surface area contributed by atoms with Gasteiger partial charge in [-0.15, -0.1) is 0 Å². The first-order chi connectivity index (χ1) is 15.7. The lowest BCUT2D eigenvalue weighted by Crippen LogP contribution is -2.69. The average Bonchev–Trinajstić information content (AvgIpc) is 2.69. The van der Waals surface area contributed by atoms with Gasteiger partial charge in [-0.25, -0.2) is 4.79 Å². The summed E-state index contributed by atoms with van der Waals surface area (Å²) in [4.78, 5) is 70.8. The Bertz CT molecular complexity index is 812. The molecule has 1 amide bonds. The molecular weight excluding hydrogens is 462 g/mol. The van der Waals surface area contributed by atoms with E-state index in [2.05, 4.69) is 5.32 Å². The number of carboxylic acid groups (broad SMARTS) is 1. The van der Waals surface area contributed by atoms with Crippen LogP contribution in [0.1, 0.15) is 41.0 Å². The second-order valence-electron chi connectivity index (χ2n) is 7.45. The number of carbonyl (C=O) groups excluding carboxylic acids is 5. The van der Waals surface area contributed by atoms with Gasteiger partial charge in [-0.3, -0.25) is 24.0 Å². The number of esters is 4. The zero-order valence-corrected chi connectivity index (χ0v) is 19.6. The van der Waals surface area contributed by atoms with E-state index in [0.29, 0.717) is 0 Å². The smallest absolute Gasteiger partial charge is 0.364 e. The molecule has 1 saturated heterocycles. The van der Waals surface area contributed by atoms with Gasteiger partial charge in [0.05, 0.1) is 12.5 Å². The van der Waals surface area contributed by atoms with Crippen LogP contribution in [-0.4, -0.2) is 90.8 Å². The van der Waals surface area contributed by atoms with Crippen LogP contribution in [-0.2, 0) is 57.2 Å². The molecule has 1 aliphatic heterocycles. The van der Waals surface area contributed by atoms with Crippen LogP contribution in [0.4, 0.5) is 0 Å². The molecule has 1 aliphatic rings. The number of nitrogens with one attached hydrogen (secondary N) is 1. The molecule has 0 radical (unpaired) electrons. The predicted octanol–water partition coefficient (Wildman–Crippen LogP) is -0.934. The summed E-state index contributed by atoms with van der Waals surface area (Å²) in [5, 5.41) is 12.3. The molecule has 0 bridgehead atoms. The Morgan fingerprint density at radius 3 is 1.97 bits per heavy atom. The monoisotopic (exact) mass is 491 g/mol. The summed E-state index contributed by atoms with van der Waals surface area (Å²) in [6, 6.07) is -1.29. The first kappa shape index (κ1) is 28.8. The second-order valence-corrected chi connectivity index (χ2v) is 7.45. The fourth-order valence-electron chi connectivity index (χ4n) is 3.47. The summed E-state index contributed by atoms with van der Waals surface area (Å²) in [5.74, 6) is -7.95. The molecule has 1 fully saturated rings. The van der Waals surface area contributed by atoms with Crippen molar-refractivity contribution in [2.75, 3.05) is 13.7 Å². The zero-order valence-electron chi connectivity index (χ0n) is 19.6. The van der Waals surface area contributed by atoms with Crippen LogP contribution in [0.2, 0.25) is 0 Å². The summed E-state index contributed by atoms with van der Waals surface area (Å²) in [6.45, 7) is 4.74. The van der Waals surface area contributed by atoms with Crippen molar-refractivity contribution >= 4 is 35.8 Å². The summed E-state index contributed by atoms with van der Waals surface area (Å²) in [7, 11) is 1.03. The maximum absolute atomic E-state index is 12.1. The van der Waals surface area contributed by atoms with Gasteiger partial charge in [0.2, 0.25) is 5.91 Å². The van der Waals surface area contributed by atoms with E-state index in [4.69, 9.17) is 28.4 Å². The Morgan fingerprint density at radius 1 is 0.971 bits per heavy atom. The number of hydrogen-bond donors (Lipinski definition) is 2. The van der Waals surface area contributed by atoms with Crippen molar-refractivity contribution in [2.45, 2.75) is 77.3 Å². The van der Waals surface area contributed by atoms with Gasteiger partial charge in [0.15, 0.2) is 12.2 Å². The van der Waals surface area contributed by atoms with Gasteiger partial charge in [0.25, 0.3) is 5.79 Å². The maximum Gasteiger partial charge on any atom is 0.364 e. The molecule has 0 unspecified atom stereocenters. The third kappa shape index (κ3) is 7.95. The molecule has 0 aromatic rings. The van der Waals surface area contributed by atoms with E-state index in [1.54, 1.807) is 0 Å². The van der Waals surface area contributed by atoms with Crippen molar-refractivity contribution in [3.8, 4) is 0 Å². The standard InChI is InChI=1S/C20H29NO13/c1-9(22)21-16-14(31-11(3)24)7-20(29-6,19(27)28)34-18(16)17(33-13(5)26)15(32-12(4)25)8-30-10(2)23/h14-18H,7-8H2,1-6H3,(H,21,22)(H,27,28)/t14-,15+,16+,17+,18+,20+/m0/s1. The highest BCUT2D eigenvalue weighted by Gasteiger charge is 2.58. The van der Waals surface area contributed by atoms with E-state index in [9.17, 15) is 33.9 Å². The summed E-state index contributed by atoms with van der Waals surface area (Å²) in [6.07, 6.45) is -6.62. The van der Waals surface area contributed by atoms with Crippen LogP contribution < -0.4 is 5.32 Å². The van der Waals surface area contributed by atoms with Crippen molar-refractivity contribution in [1.82, 2.24) is 5.32 Å². The van der Waals surface area contributed by atoms with Crippen molar-refractivity contribution in [3.05, 3.63) is 0 Å². The third-order valence-corrected chi connectivity index (χ3v) is 4.65. The quantitative estimate of drug-likeness (QED) is 0.282. The molecular formula is C20H29NO13. The molecule has 192 valence electrons. The first-order valence-corrected chi connectivity index (χ1v) is 10.1. The van der Waals surface area contributed by atoms with Crippen LogP contribution >= 0.6 is 0 Å². The van der Waals surface area contributed by atoms with E-state index in [-0.39, 0.29) is 0 Å². The van der Waals surface area contributed by atoms with Crippen LogP contribution in [0.5, 0.6) is 0 Å². The van der Waals surface area contributed by atoms with E-state index in [1.807, 2.05) is 0 Å². The van der Waals surface area contributed by atoms with Gasteiger partial charge in [0, 0.05) is 41.7 Å². The number of hydrogen-bond acceptors (Lipinski definition) is 12. The Balaban J connectivity index is 3.67. The van der Waals surface area contributed by atoms with Crippen LogP contribution in [0.15, 0.2) is 0 Å². The molecule has 0 aromatic carbocycles. The largest absolute Gasteiger partial charge is 0.477 e. The molecule has 34 heavy (non-hydrogen) atoms. The highest BCUT2D eigenvalue weighted by molar-refractivity contribution is 5.77. The van der Waals surface area contributed by atoms with Gasteiger partial charge in [-0.2, -0.15) is 0 Å². The highest BCUT2D eigenvalue weighted by Crippen LogP contribution is 2.36. The van der Waals surface area contributed by atoms with E-state index < -0.39 is 85.0 Å². The minimum atomic E-state index is -2.40. The van der Waals surface area contributed by atoms with Gasteiger partial charge in [0.1, 0.15) is 18.8 Å². The van der Waals surface area contributed by atoms with Gasteiger partial charge in [-0.1, -0.05) is 0 Å². The summed E-state index contributed by atoms with van der Waals surface area (Å²) < 4.78 is 31.4. The third-order valence-electron chi connectivity index (χ3n) is 4.65. The molecule has 14 nitrogen and oxygen atoms in total. The number of amides is 1. The molecule has 1 rings (SSSR count). The van der Waals surface area contributed by atoms with Crippen molar-refractivity contribution in [2.24, 2.45) is 0 Å². The lowest BCUT2D eigenvalue weighted by Gasteiger charge is -2.47. The number of carboxylic acids is 1. The number of aliphatic carboxylic acids is 1. The molecule has 0 aliphatic carbocycles. The topological polar surface area (TPSA) is 190 Å². The average molecular weight is 491 g/mol. The Hall–Kier alpha value is -3.26. The zero-order chi connectivity index (χ0) is 26.2. The normalized spacial score (nSPS) is 25.8. The Labute approximate surface area is 195 Å². The predicted molar refractivity (Wildman–Crippen MR) is 108 cm³/mol. The van der Waals surface area contributed by atoms with E-state index in [0.717, 1.165) is 41.7 Å². The summed E-state index contributed by atoms with van der Waals surface area (Å²) >= 11 is 0. The van der Waals surface area contributed by atoms with Crippen molar-refractivity contribution in [1.29, 1.82) is 0 Å². The lowest BCUT2D eigenvalue weighted by molar-refractivity contribution is -0.306. The molecule has 0 saturated carbocycles. The molecule has 1 heterocycles. The minimum absolute atomic E-state index is 0.547. The van der Waals surface area contributed by atoms with Gasteiger partial charge >= 0.3 is 29.8 Å². The molecule has 0 spiro atoms. The second kappa shape index (κ2) is 12.3. The van der Waals surface area contributed by atoms with Crippen LogP contribution in [0.25, 0.3) is 0 Å². The van der Waals surface area contributed by atoms with Crippen molar-refractivity contribution < 1.29 is 62.3 Å². The Morgan fingerprint density at radius 2 is 1.56 bits per heavy atom. The van der Waals surface area contributed by atoms with E-state index >= 15 is 0 Å². The first-order valence-electron chi connectivity index (χ1n) is 10.1. The Kier molecular flexibility index (Phi) is 10.4. The van der Waals surface area contributed by atoms with Crippen molar-refractivity contribution in [3.63, 3.8) is 0 Å². The number of rotatable bonds is 10. The number of methoxy groups -OCH3 is 1. The molecule has 2 N–H and O–H groups in total. The molecule has 0 aromatic heterocycles. The fraction of sp³-hybridized carbons (Fsp3) is 0.700. The van der Waals surface area contributed by atoms with Crippen LogP contribution in [0, 0.1) is 0 Å². The SMILES string of the molecule is CO[C@]1(C(=O)O)C[C@H](OC(C)=O)[C@@H](NC(C)=O)[C@H]([C@H](OC(C)=O)[C@@H](COC(C)=O)OC(C)=O)O1. The minimum Gasteiger partial charge on any atom is -0.477 e. The van der Waals surface area contributed by atoms with Gasteiger partial charge < -0.3 is 38.8 Å². The van der Waals surface area contributed by atoms with E-state index in [1.165, 1.54) is 0 Å². The lowest BCUT2D eigenvalue weighted by atomic mass is 9.88. The highest BCUT2D eigenvalue weighted by atomic mass is 16.7. The van der Waals surface area contributed by atoms with Crippen LogP contribution in [0.3, 0.4) is 0 Å². The molecule has 14 heteroatoms. The molecule has 6 atom stereocenters. The van der Waals surface area contributed by atoms with Gasteiger partial charge in [-0.05, 0) is 0 Å².